The molecule has 33 heavy (non-hydrogen) atoms. The van der Waals surface area contributed by atoms with Gasteiger partial charge in [0.05, 0.1) is 29.7 Å². The third kappa shape index (κ3) is 7.03. The first-order valence-electron chi connectivity index (χ1n) is 10.3. The van der Waals surface area contributed by atoms with E-state index in [0.29, 0.717) is 17.2 Å². The zero-order chi connectivity index (χ0) is 23.6. The summed E-state index contributed by atoms with van der Waals surface area (Å²) >= 11 is 6.14. The maximum Gasteiger partial charge on any atom is 0.253 e. The van der Waals surface area contributed by atoms with Gasteiger partial charge in [-0.15, -0.1) is 0 Å². The number of amides is 2. The van der Waals surface area contributed by atoms with Gasteiger partial charge in [-0.3, -0.25) is 9.59 Å². The summed E-state index contributed by atoms with van der Waals surface area (Å²) in [4.78, 5) is 25.5. The summed E-state index contributed by atoms with van der Waals surface area (Å²) in [7, 11) is 1.53. The molecule has 1 atom stereocenters. The quantitative estimate of drug-likeness (QED) is 0.409. The average molecular weight is 471 g/mol. The number of rotatable bonds is 10. The van der Waals surface area contributed by atoms with Crippen molar-refractivity contribution >= 4 is 29.1 Å². The molecule has 0 radical (unpaired) electrons. The van der Waals surface area contributed by atoms with Crippen molar-refractivity contribution in [3.05, 3.63) is 94.8 Å². The molecule has 2 amide bonds. The van der Waals surface area contributed by atoms with E-state index in [1.807, 2.05) is 30.3 Å². The van der Waals surface area contributed by atoms with Gasteiger partial charge in [-0.2, -0.15) is 0 Å². The molecule has 1 unspecified atom stereocenters. The molecule has 0 aliphatic rings. The molecule has 3 aromatic carbocycles. The zero-order valence-electron chi connectivity index (χ0n) is 18.0. The predicted molar refractivity (Wildman–Crippen MR) is 125 cm³/mol. The van der Waals surface area contributed by atoms with E-state index in [1.165, 1.54) is 19.2 Å². The van der Waals surface area contributed by atoms with Crippen molar-refractivity contribution < 1.29 is 23.5 Å². The Balaban J connectivity index is 1.70. The van der Waals surface area contributed by atoms with Gasteiger partial charge in [0.2, 0.25) is 5.91 Å². The van der Waals surface area contributed by atoms with E-state index in [4.69, 9.17) is 21.1 Å². The summed E-state index contributed by atoms with van der Waals surface area (Å²) in [6.45, 7) is 0.543. The van der Waals surface area contributed by atoms with Crippen LogP contribution in [0.5, 0.6) is 5.75 Å². The summed E-state index contributed by atoms with van der Waals surface area (Å²) in [5, 5.41) is 5.85. The van der Waals surface area contributed by atoms with Gasteiger partial charge in [0.1, 0.15) is 6.61 Å². The van der Waals surface area contributed by atoms with Gasteiger partial charge < -0.3 is 20.1 Å². The molecule has 0 saturated heterocycles. The third-order valence-corrected chi connectivity index (χ3v) is 5.11. The number of anilines is 1. The first-order valence-corrected chi connectivity index (χ1v) is 10.7. The van der Waals surface area contributed by atoms with Crippen LogP contribution in [0, 0.1) is 5.82 Å². The van der Waals surface area contributed by atoms with Crippen LogP contribution in [0.3, 0.4) is 0 Å². The molecule has 0 fully saturated rings. The topological polar surface area (TPSA) is 76.7 Å². The van der Waals surface area contributed by atoms with Crippen molar-refractivity contribution in [2.75, 3.05) is 25.6 Å². The van der Waals surface area contributed by atoms with Crippen LogP contribution in [0.1, 0.15) is 28.4 Å². The molecule has 0 aromatic heterocycles. The number of hydrogen-bond donors (Lipinski definition) is 2. The summed E-state index contributed by atoms with van der Waals surface area (Å²) < 4.78 is 24.4. The summed E-state index contributed by atoms with van der Waals surface area (Å²) in [5.41, 5.74) is 1.34. The van der Waals surface area contributed by atoms with Gasteiger partial charge in [0.25, 0.3) is 5.91 Å². The lowest BCUT2D eigenvalue weighted by molar-refractivity contribution is -0.116. The third-order valence-electron chi connectivity index (χ3n) is 4.78. The second-order valence-corrected chi connectivity index (χ2v) is 7.56. The Hall–Kier alpha value is -3.42. The Labute approximate surface area is 196 Å². The smallest absolute Gasteiger partial charge is 0.253 e. The molecule has 172 valence electrons. The van der Waals surface area contributed by atoms with Crippen molar-refractivity contribution in [2.45, 2.75) is 12.5 Å². The standard InChI is InChI=1S/C25H24ClFN2O4/c1-32-13-14-33-23-12-11-18(15-21(23)27)28-24(30)16-22(17-7-3-2-4-8-17)29-25(31)19-9-5-6-10-20(19)26/h2-12,15,22H,13-14,16H2,1H3,(H,28,30)(H,29,31). The van der Waals surface area contributed by atoms with E-state index in [-0.39, 0.29) is 24.5 Å². The van der Waals surface area contributed by atoms with E-state index < -0.39 is 23.7 Å². The zero-order valence-corrected chi connectivity index (χ0v) is 18.8. The fourth-order valence-electron chi connectivity index (χ4n) is 3.15. The molecule has 0 aliphatic heterocycles. The minimum atomic E-state index is -0.614. The number of carbonyl (C=O) groups is 2. The highest BCUT2D eigenvalue weighted by atomic mass is 35.5. The fraction of sp³-hybridized carbons (Fsp3) is 0.200. The lowest BCUT2D eigenvalue weighted by Crippen LogP contribution is -2.31. The number of ether oxygens (including phenoxy) is 2. The predicted octanol–water partition coefficient (Wildman–Crippen LogP) is 5.00. The van der Waals surface area contributed by atoms with Crippen LogP contribution in [0.25, 0.3) is 0 Å². The van der Waals surface area contributed by atoms with E-state index in [0.717, 1.165) is 5.56 Å². The number of carbonyl (C=O) groups excluding carboxylic acids is 2. The second kappa shape index (κ2) is 12.0. The highest BCUT2D eigenvalue weighted by molar-refractivity contribution is 6.33. The van der Waals surface area contributed by atoms with Gasteiger partial charge >= 0.3 is 0 Å². The molecular formula is C25H24ClFN2O4. The Morgan fingerprint density at radius 2 is 1.73 bits per heavy atom. The van der Waals surface area contributed by atoms with Gasteiger partial charge in [-0.25, -0.2) is 4.39 Å². The van der Waals surface area contributed by atoms with E-state index in [9.17, 15) is 14.0 Å². The Kier molecular flexibility index (Phi) is 8.80. The molecule has 0 aliphatic carbocycles. The van der Waals surface area contributed by atoms with Crippen LogP contribution in [-0.4, -0.2) is 32.1 Å². The first-order chi connectivity index (χ1) is 16.0. The lowest BCUT2D eigenvalue weighted by atomic mass is 10.0. The molecule has 8 heteroatoms. The number of methoxy groups -OCH3 is 1. The summed E-state index contributed by atoms with van der Waals surface area (Å²) in [5.74, 6) is -1.32. The normalized spacial score (nSPS) is 11.5. The molecule has 0 heterocycles. The molecule has 2 N–H and O–H groups in total. The van der Waals surface area contributed by atoms with Gasteiger partial charge in [0.15, 0.2) is 11.6 Å². The Bertz CT molecular complexity index is 1090. The summed E-state index contributed by atoms with van der Waals surface area (Å²) in [6, 6.07) is 19.3. The molecule has 3 rings (SSSR count). The van der Waals surface area contributed by atoms with Crippen LogP contribution >= 0.6 is 11.6 Å². The molecule has 0 spiro atoms. The Morgan fingerprint density at radius 1 is 1.00 bits per heavy atom. The van der Waals surface area contributed by atoms with E-state index in [2.05, 4.69) is 10.6 Å². The van der Waals surface area contributed by atoms with Crippen molar-refractivity contribution in [1.82, 2.24) is 5.32 Å². The number of nitrogens with one attached hydrogen (secondary N) is 2. The second-order valence-electron chi connectivity index (χ2n) is 7.16. The van der Waals surface area contributed by atoms with Crippen LogP contribution < -0.4 is 15.4 Å². The number of benzene rings is 3. The molecule has 3 aromatic rings. The maximum absolute atomic E-state index is 14.3. The van der Waals surface area contributed by atoms with Crippen molar-refractivity contribution in [3.63, 3.8) is 0 Å². The monoisotopic (exact) mass is 470 g/mol. The molecule has 6 nitrogen and oxygen atoms in total. The summed E-state index contributed by atoms with van der Waals surface area (Å²) in [6.07, 6.45) is -0.0616. The molecular weight excluding hydrogens is 447 g/mol. The lowest BCUT2D eigenvalue weighted by Gasteiger charge is -2.19. The molecule has 0 saturated carbocycles. The fourth-order valence-corrected chi connectivity index (χ4v) is 3.37. The van der Waals surface area contributed by atoms with Crippen LogP contribution in [-0.2, 0) is 9.53 Å². The van der Waals surface area contributed by atoms with E-state index >= 15 is 0 Å². The Morgan fingerprint density at radius 3 is 2.42 bits per heavy atom. The van der Waals surface area contributed by atoms with Gasteiger partial charge in [-0.05, 0) is 29.8 Å². The SMILES string of the molecule is COCCOc1ccc(NC(=O)CC(NC(=O)c2ccccc2Cl)c2ccccc2)cc1F. The van der Waals surface area contributed by atoms with Gasteiger partial charge in [0, 0.05) is 18.9 Å². The largest absolute Gasteiger partial charge is 0.488 e. The van der Waals surface area contributed by atoms with Crippen LogP contribution in [0.15, 0.2) is 72.8 Å². The van der Waals surface area contributed by atoms with Crippen molar-refractivity contribution in [1.29, 1.82) is 0 Å². The molecule has 0 bridgehead atoms. The minimum absolute atomic E-state index is 0.0616. The highest BCUT2D eigenvalue weighted by Crippen LogP contribution is 2.23. The van der Waals surface area contributed by atoms with Crippen molar-refractivity contribution in [3.8, 4) is 5.75 Å². The number of halogens is 2. The van der Waals surface area contributed by atoms with E-state index in [1.54, 1.807) is 30.3 Å². The van der Waals surface area contributed by atoms with Crippen molar-refractivity contribution in [2.24, 2.45) is 0 Å². The number of hydrogen-bond acceptors (Lipinski definition) is 4. The highest BCUT2D eigenvalue weighted by Gasteiger charge is 2.21. The maximum atomic E-state index is 14.3. The van der Waals surface area contributed by atoms with Crippen LogP contribution in [0.4, 0.5) is 10.1 Å². The first kappa shape index (κ1) is 24.2. The minimum Gasteiger partial charge on any atom is -0.488 e. The van der Waals surface area contributed by atoms with Crippen LogP contribution in [0.2, 0.25) is 5.02 Å². The van der Waals surface area contributed by atoms with Gasteiger partial charge in [-0.1, -0.05) is 54.1 Å². The average Bonchev–Trinajstić information content (AvgIpc) is 2.81.